The van der Waals surface area contributed by atoms with Gasteiger partial charge in [0.25, 0.3) is 5.91 Å². The second kappa shape index (κ2) is 12.0. The maximum absolute atomic E-state index is 13.1. The van der Waals surface area contributed by atoms with Crippen LogP contribution in [0.1, 0.15) is 27.5 Å². The van der Waals surface area contributed by atoms with Gasteiger partial charge in [-0.05, 0) is 36.8 Å². The Morgan fingerprint density at radius 2 is 1.80 bits per heavy atom. The van der Waals surface area contributed by atoms with E-state index in [2.05, 4.69) is 51.7 Å². The summed E-state index contributed by atoms with van der Waals surface area (Å²) < 4.78 is 7.34. The molecule has 1 aromatic heterocycles. The van der Waals surface area contributed by atoms with Crippen LogP contribution in [0.3, 0.4) is 0 Å². The SMILES string of the molecule is Cc1ccc(C(CN2CCOCC2)NC(=O)c2ccc(NC(=O)CSc3nccn3C)cc2)cc1. The number of amides is 2. The van der Waals surface area contributed by atoms with Crippen molar-refractivity contribution in [2.75, 3.05) is 43.9 Å². The zero-order valence-corrected chi connectivity index (χ0v) is 20.9. The second-order valence-electron chi connectivity index (χ2n) is 8.58. The van der Waals surface area contributed by atoms with Crippen molar-refractivity contribution in [3.05, 3.63) is 77.6 Å². The van der Waals surface area contributed by atoms with E-state index in [-0.39, 0.29) is 23.6 Å². The first kappa shape index (κ1) is 25.0. The van der Waals surface area contributed by atoms with Crippen LogP contribution in [-0.4, -0.2) is 64.9 Å². The maximum Gasteiger partial charge on any atom is 0.251 e. The van der Waals surface area contributed by atoms with Crippen LogP contribution in [0, 0.1) is 6.92 Å². The number of rotatable bonds is 9. The van der Waals surface area contributed by atoms with Crippen LogP contribution >= 0.6 is 11.8 Å². The first-order chi connectivity index (χ1) is 17.0. The lowest BCUT2D eigenvalue weighted by molar-refractivity contribution is -0.113. The molecular formula is C26H31N5O3S. The molecule has 0 radical (unpaired) electrons. The number of carbonyl (C=O) groups excluding carboxylic acids is 2. The number of anilines is 1. The van der Waals surface area contributed by atoms with Crippen molar-refractivity contribution >= 4 is 29.3 Å². The number of hydrogen-bond acceptors (Lipinski definition) is 6. The molecule has 2 amide bonds. The molecule has 1 saturated heterocycles. The molecule has 2 aromatic carbocycles. The third kappa shape index (κ3) is 7.17. The number of imidazole rings is 1. The predicted molar refractivity (Wildman–Crippen MR) is 138 cm³/mol. The number of ether oxygens (including phenoxy) is 1. The van der Waals surface area contributed by atoms with Crippen molar-refractivity contribution < 1.29 is 14.3 Å². The smallest absolute Gasteiger partial charge is 0.251 e. The quantitative estimate of drug-likeness (QED) is 0.445. The van der Waals surface area contributed by atoms with Gasteiger partial charge in [0.1, 0.15) is 0 Å². The van der Waals surface area contributed by atoms with Crippen LogP contribution in [0.25, 0.3) is 0 Å². The number of nitrogens with one attached hydrogen (secondary N) is 2. The number of aryl methyl sites for hydroxylation is 2. The van der Waals surface area contributed by atoms with E-state index in [0.717, 1.165) is 30.4 Å². The Bertz CT molecular complexity index is 1120. The number of nitrogens with zero attached hydrogens (tertiary/aromatic N) is 3. The molecule has 0 saturated carbocycles. The normalized spacial score (nSPS) is 14.9. The van der Waals surface area contributed by atoms with Gasteiger partial charge in [-0.3, -0.25) is 14.5 Å². The fourth-order valence-corrected chi connectivity index (χ4v) is 4.57. The van der Waals surface area contributed by atoms with Gasteiger partial charge in [-0.15, -0.1) is 0 Å². The lowest BCUT2D eigenvalue weighted by atomic mass is 10.0. The Hall–Kier alpha value is -3.14. The molecule has 1 fully saturated rings. The number of carbonyl (C=O) groups is 2. The lowest BCUT2D eigenvalue weighted by Gasteiger charge is -2.31. The van der Waals surface area contributed by atoms with Crippen molar-refractivity contribution in [1.29, 1.82) is 0 Å². The third-order valence-electron chi connectivity index (χ3n) is 5.87. The minimum Gasteiger partial charge on any atom is -0.379 e. The highest BCUT2D eigenvalue weighted by Gasteiger charge is 2.21. The van der Waals surface area contributed by atoms with Gasteiger partial charge in [-0.1, -0.05) is 41.6 Å². The molecule has 1 aliphatic heterocycles. The van der Waals surface area contributed by atoms with Gasteiger partial charge in [0, 0.05) is 50.3 Å². The van der Waals surface area contributed by atoms with E-state index in [4.69, 9.17) is 4.74 Å². The van der Waals surface area contributed by atoms with E-state index in [0.29, 0.717) is 24.5 Å². The second-order valence-corrected chi connectivity index (χ2v) is 9.53. The van der Waals surface area contributed by atoms with Crippen molar-refractivity contribution in [2.45, 2.75) is 18.1 Å². The summed E-state index contributed by atoms with van der Waals surface area (Å²) >= 11 is 1.37. The Kier molecular flexibility index (Phi) is 8.57. The molecule has 3 aromatic rings. The van der Waals surface area contributed by atoms with Crippen LogP contribution in [0.15, 0.2) is 66.1 Å². The molecule has 35 heavy (non-hydrogen) atoms. The lowest BCUT2D eigenvalue weighted by Crippen LogP contribution is -2.43. The Balaban J connectivity index is 1.36. The largest absolute Gasteiger partial charge is 0.379 e. The highest BCUT2D eigenvalue weighted by molar-refractivity contribution is 7.99. The molecule has 2 heterocycles. The highest BCUT2D eigenvalue weighted by Crippen LogP contribution is 2.19. The summed E-state index contributed by atoms with van der Waals surface area (Å²) in [6.07, 6.45) is 3.54. The number of aromatic nitrogens is 2. The minimum atomic E-state index is -0.146. The van der Waals surface area contributed by atoms with Gasteiger partial charge in [0.05, 0.1) is 25.0 Å². The fraction of sp³-hybridized carbons (Fsp3) is 0.346. The summed E-state index contributed by atoms with van der Waals surface area (Å²) in [7, 11) is 1.89. The minimum absolute atomic E-state index is 0.125. The van der Waals surface area contributed by atoms with Crippen LogP contribution < -0.4 is 10.6 Å². The van der Waals surface area contributed by atoms with E-state index in [1.165, 1.54) is 17.3 Å². The van der Waals surface area contributed by atoms with E-state index in [1.807, 2.05) is 17.8 Å². The zero-order valence-electron chi connectivity index (χ0n) is 20.1. The maximum atomic E-state index is 13.1. The molecule has 9 heteroatoms. The van der Waals surface area contributed by atoms with E-state index in [1.54, 1.807) is 30.5 Å². The Morgan fingerprint density at radius 3 is 2.46 bits per heavy atom. The van der Waals surface area contributed by atoms with Crippen molar-refractivity contribution in [2.24, 2.45) is 7.05 Å². The fourth-order valence-electron chi connectivity index (χ4n) is 3.84. The average Bonchev–Trinajstić information content (AvgIpc) is 3.28. The molecular weight excluding hydrogens is 462 g/mol. The third-order valence-corrected chi connectivity index (χ3v) is 6.93. The molecule has 1 aliphatic rings. The van der Waals surface area contributed by atoms with Crippen LogP contribution in [0.5, 0.6) is 0 Å². The Labute approximate surface area is 210 Å². The summed E-state index contributed by atoms with van der Waals surface area (Å²) in [6, 6.07) is 15.1. The van der Waals surface area contributed by atoms with Gasteiger partial charge in [0.15, 0.2) is 5.16 Å². The summed E-state index contributed by atoms with van der Waals surface area (Å²) in [5, 5.41) is 6.85. The van der Waals surface area contributed by atoms with E-state index < -0.39 is 0 Å². The van der Waals surface area contributed by atoms with Gasteiger partial charge in [0.2, 0.25) is 5.91 Å². The van der Waals surface area contributed by atoms with Crippen LogP contribution in [0.2, 0.25) is 0 Å². The van der Waals surface area contributed by atoms with Crippen LogP contribution in [-0.2, 0) is 16.6 Å². The molecule has 1 atom stereocenters. The van der Waals surface area contributed by atoms with Gasteiger partial charge in [-0.25, -0.2) is 4.98 Å². The molecule has 0 spiro atoms. The topological polar surface area (TPSA) is 88.5 Å². The Morgan fingerprint density at radius 1 is 1.09 bits per heavy atom. The summed E-state index contributed by atoms with van der Waals surface area (Å²) in [4.78, 5) is 31.9. The van der Waals surface area contributed by atoms with E-state index in [9.17, 15) is 9.59 Å². The first-order valence-corrected chi connectivity index (χ1v) is 12.6. The highest BCUT2D eigenvalue weighted by atomic mass is 32.2. The number of morpholine rings is 1. The summed E-state index contributed by atoms with van der Waals surface area (Å²) in [6.45, 7) is 5.90. The summed E-state index contributed by atoms with van der Waals surface area (Å²) in [5.41, 5.74) is 3.45. The van der Waals surface area contributed by atoms with Crippen LogP contribution in [0.4, 0.5) is 5.69 Å². The standard InChI is InChI=1S/C26H31N5O3S/c1-19-3-5-20(6-4-19)23(17-31-13-15-34-16-14-31)29-25(33)21-7-9-22(10-8-21)28-24(32)18-35-26-27-11-12-30(26)2/h3-12,23H,13-18H2,1-2H3,(H,28,32)(H,29,33). The monoisotopic (exact) mass is 493 g/mol. The molecule has 0 aliphatic carbocycles. The number of hydrogen-bond donors (Lipinski definition) is 2. The number of benzene rings is 2. The molecule has 1 unspecified atom stereocenters. The average molecular weight is 494 g/mol. The molecule has 184 valence electrons. The molecule has 8 nitrogen and oxygen atoms in total. The molecule has 2 N–H and O–H groups in total. The van der Waals surface area contributed by atoms with Crippen molar-refractivity contribution in [3.63, 3.8) is 0 Å². The zero-order chi connectivity index (χ0) is 24.6. The van der Waals surface area contributed by atoms with Gasteiger partial charge in [-0.2, -0.15) is 0 Å². The molecule has 0 bridgehead atoms. The number of thioether (sulfide) groups is 1. The summed E-state index contributed by atoms with van der Waals surface area (Å²) in [5.74, 6) is -0.0143. The first-order valence-electron chi connectivity index (χ1n) is 11.7. The van der Waals surface area contributed by atoms with Gasteiger partial charge < -0.3 is 19.9 Å². The van der Waals surface area contributed by atoms with E-state index >= 15 is 0 Å². The van der Waals surface area contributed by atoms with Crippen molar-refractivity contribution in [1.82, 2.24) is 19.8 Å². The van der Waals surface area contributed by atoms with Crippen molar-refractivity contribution in [3.8, 4) is 0 Å². The van der Waals surface area contributed by atoms with Gasteiger partial charge >= 0.3 is 0 Å². The molecule has 4 rings (SSSR count). The predicted octanol–water partition coefficient (Wildman–Crippen LogP) is 3.26.